The molecule has 0 aromatic heterocycles. The summed E-state index contributed by atoms with van der Waals surface area (Å²) < 4.78 is 4.74. The Hall–Kier alpha value is -2.28. The highest BCUT2D eigenvalue weighted by Gasteiger charge is 2.42. The zero-order valence-electron chi connectivity index (χ0n) is 12.4. The summed E-state index contributed by atoms with van der Waals surface area (Å²) in [5.74, 6) is -0.280. The van der Waals surface area contributed by atoms with Crippen molar-refractivity contribution in [3.05, 3.63) is 29.3 Å². The highest BCUT2D eigenvalue weighted by molar-refractivity contribution is 6.03. The lowest BCUT2D eigenvalue weighted by atomic mass is 10.0. The minimum Gasteiger partial charge on any atom is -0.453 e. The second-order valence-corrected chi connectivity index (χ2v) is 5.61. The van der Waals surface area contributed by atoms with Gasteiger partial charge in [0.2, 0.25) is 0 Å². The molecule has 7 nitrogen and oxygen atoms in total. The number of nitrogens with two attached hydrogens (primary N) is 1. The molecule has 0 saturated carbocycles. The first-order chi connectivity index (χ1) is 10.5. The fourth-order valence-electron chi connectivity index (χ4n) is 3.28. The van der Waals surface area contributed by atoms with Crippen LogP contribution < -0.4 is 5.73 Å². The molecule has 2 heterocycles. The Morgan fingerprint density at radius 3 is 2.91 bits per heavy atom. The predicted molar refractivity (Wildman–Crippen MR) is 79.0 cm³/mol. The van der Waals surface area contributed by atoms with E-state index in [1.165, 1.54) is 12.0 Å². The summed E-state index contributed by atoms with van der Waals surface area (Å²) >= 11 is 0. The summed E-state index contributed by atoms with van der Waals surface area (Å²) in [6.45, 7) is 0.944. The molecule has 1 aromatic carbocycles. The van der Waals surface area contributed by atoms with Gasteiger partial charge in [-0.2, -0.15) is 0 Å². The molecule has 0 spiro atoms. The summed E-state index contributed by atoms with van der Waals surface area (Å²) in [6.07, 6.45) is 0.0446. The maximum absolute atomic E-state index is 12.6. The first kappa shape index (κ1) is 14.6. The molecule has 2 amide bonds. The predicted octanol–water partition coefficient (Wildman–Crippen LogP) is 0.946. The van der Waals surface area contributed by atoms with Crippen LogP contribution in [0.25, 0.3) is 0 Å². The number of nitrogens with zero attached hydrogens (tertiary/aromatic N) is 2. The second-order valence-electron chi connectivity index (χ2n) is 5.61. The molecule has 118 valence electrons. The molecule has 0 radical (unpaired) electrons. The first-order valence-electron chi connectivity index (χ1n) is 7.26. The molecule has 0 bridgehead atoms. The number of hydrogen-bond acceptors (Lipinski definition) is 5. The van der Waals surface area contributed by atoms with Crippen LogP contribution in [0.15, 0.2) is 18.2 Å². The highest BCUT2D eigenvalue weighted by atomic mass is 16.5. The molecule has 2 atom stereocenters. The summed E-state index contributed by atoms with van der Waals surface area (Å²) in [5, 5.41) is 10.5. The maximum Gasteiger partial charge on any atom is 0.409 e. The third-order valence-electron chi connectivity index (χ3n) is 4.34. The van der Waals surface area contributed by atoms with Crippen LogP contribution in [0.5, 0.6) is 0 Å². The largest absolute Gasteiger partial charge is 0.453 e. The van der Waals surface area contributed by atoms with E-state index < -0.39 is 12.3 Å². The number of hydrogen-bond donors (Lipinski definition) is 2. The number of carbonyl (C=O) groups is 2. The Balaban J connectivity index is 1.86. The number of carbonyl (C=O) groups excluding carboxylic acids is 2. The van der Waals surface area contributed by atoms with E-state index >= 15 is 0 Å². The van der Waals surface area contributed by atoms with Crippen LogP contribution in [0.1, 0.15) is 35.0 Å². The number of nitrogen functional groups attached to an aromatic ring is 1. The maximum atomic E-state index is 12.6. The Labute approximate surface area is 128 Å². The molecule has 0 aliphatic carbocycles. The number of aliphatic hydroxyl groups is 1. The van der Waals surface area contributed by atoms with Gasteiger partial charge in [0.1, 0.15) is 0 Å². The van der Waals surface area contributed by atoms with Crippen molar-refractivity contribution in [2.24, 2.45) is 0 Å². The van der Waals surface area contributed by atoms with Gasteiger partial charge in [-0.05, 0) is 18.9 Å². The van der Waals surface area contributed by atoms with E-state index in [1.807, 2.05) is 0 Å². The van der Waals surface area contributed by atoms with E-state index in [2.05, 4.69) is 0 Å². The zero-order chi connectivity index (χ0) is 15.9. The normalized spacial score (nSPS) is 24.4. The Bertz CT molecular complexity index is 619. The fourth-order valence-corrected chi connectivity index (χ4v) is 3.28. The zero-order valence-corrected chi connectivity index (χ0v) is 12.4. The minimum atomic E-state index is -1.02. The van der Waals surface area contributed by atoms with Gasteiger partial charge >= 0.3 is 6.09 Å². The van der Waals surface area contributed by atoms with Crippen molar-refractivity contribution in [2.75, 3.05) is 25.9 Å². The van der Waals surface area contributed by atoms with Crippen LogP contribution in [0, 0.1) is 0 Å². The van der Waals surface area contributed by atoms with Gasteiger partial charge in [-0.1, -0.05) is 12.1 Å². The summed E-state index contributed by atoms with van der Waals surface area (Å²) in [6, 6.07) is 4.82. The molecule has 1 unspecified atom stereocenters. The number of rotatable bonds is 1. The second kappa shape index (κ2) is 5.49. The van der Waals surface area contributed by atoms with Gasteiger partial charge in [-0.25, -0.2) is 4.79 Å². The van der Waals surface area contributed by atoms with Crippen molar-refractivity contribution in [1.29, 1.82) is 0 Å². The van der Waals surface area contributed by atoms with Crippen LogP contribution in [-0.2, 0) is 4.74 Å². The number of amides is 2. The molecule has 2 aliphatic heterocycles. The van der Waals surface area contributed by atoms with Crippen molar-refractivity contribution in [2.45, 2.75) is 25.1 Å². The average molecular weight is 305 g/mol. The quantitative estimate of drug-likeness (QED) is 0.753. The van der Waals surface area contributed by atoms with Crippen molar-refractivity contribution >= 4 is 17.7 Å². The van der Waals surface area contributed by atoms with Crippen LogP contribution in [-0.4, -0.2) is 53.1 Å². The van der Waals surface area contributed by atoms with Gasteiger partial charge in [0.05, 0.1) is 18.7 Å². The van der Waals surface area contributed by atoms with E-state index in [1.54, 1.807) is 23.1 Å². The molecule has 1 aromatic rings. The van der Waals surface area contributed by atoms with Crippen molar-refractivity contribution in [3.8, 4) is 0 Å². The van der Waals surface area contributed by atoms with Crippen LogP contribution in [0.4, 0.5) is 10.5 Å². The lowest BCUT2D eigenvalue weighted by Gasteiger charge is -2.38. The summed E-state index contributed by atoms with van der Waals surface area (Å²) in [4.78, 5) is 27.3. The number of likely N-dealkylation sites (tertiary alicyclic amines) is 1. The number of anilines is 1. The first-order valence-corrected chi connectivity index (χ1v) is 7.26. The number of aliphatic hydroxyl groups excluding tert-OH is 1. The molecule has 1 fully saturated rings. The van der Waals surface area contributed by atoms with Gasteiger partial charge < -0.3 is 25.4 Å². The number of methoxy groups -OCH3 is 1. The van der Waals surface area contributed by atoms with E-state index in [0.29, 0.717) is 29.9 Å². The van der Waals surface area contributed by atoms with Crippen molar-refractivity contribution in [3.63, 3.8) is 0 Å². The number of ether oxygens (including phenoxy) is 1. The number of piperidine rings is 1. The van der Waals surface area contributed by atoms with Gasteiger partial charge in [-0.3, -0.25) is 4.79 Å². The topological polar surface area (TPSA) is 96.1 Å². The molecule has 3 N–H and O–H groups in total. The van der Waals surface area contributed by atoms with Gasteiger partial charge in [0, 0.05) is 24.3 Å². The number of fused-ring (bicyclic) bond motifs is 1. The molecular weight excluding hydrogens is 286 g/mol. The lowest BCUT2D eigenvalue weighted by Crippen LogP contribution is -2.50. The fraction of sp³-hybridized carbons (Fsp3) is 0.467. The Kier molecular flexibility index (Phi) is 3.66. The van der Waals surface area contributed by atoms with Crippen LogP contribution >= 0.6 is 0 Å². The van der Waals surface area contributed by atoms with E-state index in [-0.39, 0.29) is 11.9 Å². The summed E-state index contributed by atoms with van der Waals surface area (Å²) in [7, 11) is 1.33. The summed E-state index contributed by atoms with van der Waals surface area (Å²) in [5.41, 5.74) is 7.13. The molecule has 2 aliphatic rings. The Morgan fingerprint density at radius 1 is 1.45 bits per heavy atom. The third kappa shape index (κ3) is 2.18. The van der Waals surface area contributed by atoms with Crippen LogP contribution in [0.2, 0.25) is 0 Å². The van der Waals surface area contributed by atoms with Gasteiger partial charge in [-0.15, -0.1) is 0 Å². The molecule has 22 heavy (non-hydrogen) atoms. The Morgan fingerprint density at radius 2 is 2.23 bits per heavy atom. The molecule has 1 saturated heterocycles. The smallest absolute Gasteiger partial charge is 0.409 e. The molecule has 7 heteroatoms. The highest BCUT2D eigenvalue weighted by Crippen LogP contribution is 2.37. The average Bonchev–Trinajstić information content (AvgIpc) is 2.79. The standard InChI is InChI=1S/C15H19N3O4/c1-22-15(21)17-7-3-4-9(8-17)18-13(19)10-5-2-6-11(16)12(10)14(18)20/h2,5-6,9,13,19H,3-4,7-8,16H2,1H3/t9-,13?/m1/s1. The van der Waals surface area contributed by atoms with E-state index in [0.717, 1.165) is 12.8 Å². The van der Waals surface area contributed by atoms with Crippen molar-refractivity contribution in [1.82, 2.24) is 9.80 Å². The van der Waals surface area contributed by atoms with Gasteiger partial charge in [0.15, 0.2) is 6.23 Å². The monoisotopic (exact) mass is 305 g/mol. The van der Waals surface area contributed by atoms with E-state index in [4.69, 9.17) is 10.5 Å². The number of benzene rings is 1. The minimum absolute atomic E-state index is 0.248. The molecule has 3 rings (SSSR count). The van der Waals surface area contributed by atoms with Gasteiger partial charge in [0.25, 0.3) is 5.91 Å². The SMILES string of the molecule is COC(=O)N1CCC[C@@H](N2C(=O)c3c(N)cccc3C2O)C1. The third-order valence-corrected chi connectivity index (χ3v) is 4.34. The van der Waals surface area contributed by atoms with Crippen LogP contribution in [0.3, 0.4) is 0 Å². The van der Waals surface area contributed by atoms with E-state index in [9.17, 15) is 14.7 Å². The molecular formula is C15H19N3O4. The lowest BCUT2D eigenvalue weighted by molar-refractivity contribution is -0.0193. The van der Waals surface area contributed by atoms with Crippen molar-refractivity contribution < 1.29 is 19.4 Å².